The van der Waals surface area contributed by atoms with Crippen LogP contribution in [0.1, 0.15) is 45.2 Å². The van der Waals surface area contributed by atoms with Gasteiger partial charge in [-0.25, -0.2) is 0 Å². The Kier molecular flexibility index (Phi) is 8.48. The number of ether oxygens (including phenoxy) is 2. The highest BCUT2D eigenvalue weighted by Crippen LogP contribution is 2.19. The van der Waals surface area contributed by atoms with Crippen molar-refractivity contribution >= 4 is 11.8 Å². The predicted molar refractivity (Wildman–Crippen MR) is 122 cm³/mol. The highest BCUT2D eigenvalue weighted by molar-refractivity contribution is 5.88. The lowest BCUT2D eigenvalue weighted by Gasteiger charge is -2.33. The van der Waals surface area contributed by atoms with E-state index < -0.39 is 11.6 Å². The third-order valence-electron chi connectivity index (χ3n) is 4.84. The SMILES string of the molecule is CC[C@H](C(=O)NC(C)(C)C)N(Cc1ccc(OC)cc1)C(=O)COc1ccccc1C. The standard InChI is InChI=1S/C25H34N2O4/c1-7-21(24(29)26-25(3,4)5)27(16-19-12-14-20(30-6)15-13-19)23(28)17-31-22-11-9-8-10-18(22)2/h8-15,21H,7,16-17H2,1-6H3,(H,26,29)/t21-/m1/s1. The van der Waals surface area contributed by atoms with Gasteiger partial charge in [0, 0.05) is 12.1 Å². The van der Waals surface area contributed by atoms with Crippen molar-refractivity contribution in [3.63, 3.8) is 0 Å². The van der Waals surface area contributed by atoms with E-state index in [2.05, 4.69) is 5.32 Å². The largest absolute Gasteiger partial charge is 0.497 e. The molecule has 2 aromatic carbocycles. The highest BCUT2D eigenvalue weighted by Gasteiger charge is 2.31. The fourth-order valence-electron chi connectivity index (χ4n) is 3.24. The van der Waals surface area contributed by atoms with Crippen LogP contribution in [0.2, 0.25) is 0 Å². The number of rotatable bonds is 9. The van der Waals surface area contributed by atoms with Gasteiger partial charge in [0.25, 0.3) is 5.91 Å². The number of methoxy groups -OCH3 is 1. The maximum atomic E-state index is 13.2. The molecule has 0 aliphatic carbocycles. The summed E-state index contributed by atoms with van der Waals surface area (Å²) in [7, 11) is 1.61. The molecular weight excluding hydrogens is 392 g/mol. The molecule has 31 heavy (non-hydrogen) atoms. The fourth-order valence-corrected chi connectivity index (χ4v) is 3.24. The van der Waals surface area contributed by atoms with E-state index in [9.17, 15) is 9.59 Å². The molecule has 6 nitrogen and oxygen atoms in total. The Bertz CT molecular complexity index is 872. The quantitative estimate of drug-likeness (QED) is 0.655. The van der Waals surface area contributed by atoms with Crippen molar-refractivity contribution in [3.8, 4) is 11.5 Å². The smallest absolute Gasteiger partial charge is 0.261 e. The summed E-state index contributed by atoms with van der Waals surface area (Å²) < 4.78 is 11.0. The van der Waals surface area contributed by atoms with Crippen LogP contribution in [-0.2, 0) is 16.1 Å². The summed E-state index contributed by atoms with van der Waals surface area (Å²) in [6, 6.07) is 14.4. The molecule has 0 unspecified atom stereocenters. The van der Waals surface area contributed by atoms with Crippen molar-refractivity contribution < 1.29 is 19.1 Å². The minimum absolute atomic E-state index is 0.139. The number of amides is 2. The van der Waals surface area contributed by atoms with Crippen molar-refractivity contribution in [1.82, 2.24) is 10.2 Å². The Labute approximate surface area is 185 Å². The lowest BCUT2D eigenvalue weighted by Crippen LogP contribution is -2.54. The molecule has 0 radical (unpaired) electrons. The van der Waals surface area contributed by atoms with Crippen molar-refractivity contribution in [1.29, 1.82) is 0 Å². The van der Waals surface area contributed by atoms with E-state index in [4.69, 9.17) is 9.47 Å². The van der Waals surface area contributed by atoms with Crippen LogP contribution < -0.4 is 14.8 Å². The molecule has 2 amide bonds. The van der Waals surface area contributed by atoms with Gasteiger partial charge in [-0.2, -0.15) is 0 Å². The molecule has 6 heteroatoms. The summed E-state index contributed by atoms with van der Waals surface area (Å²) in [5.74, 6) is 0.984. The maximum absolute atomic E-state index is 13.2. The Morgan fingerprint density at radius 3 is 2.26 bits per heavy atom. The fraction of sp³-hybridized carbons (Fsp3) is 0.440. The highest BCUT2D eigenvalue weighted by atomic mass is 16.5. The summed E-state index contributed by atoms with van der Waals surface area (Å²) in [6.07, 6.45) is 0.494. The van der Waals surface area contributed by atoms with Gasteiger partial charge in [-0.1, -0.05) is 37.3 Å². The second-order valence-corrected chi connectivity index (χ2v) is 8.59. The molecule has 0 aromatic heterocycles. The van der Waals surface area contributed by atoms with E-state index >= 15 is 0 Å². The van der Waals surface area contributed by atoms with Crippen LogP contribution in [0, 0.1) is 6.92 Å². The van der Waals surface area contributed by atoms with E-state index in [0.717, 1.165) is 16.9 Å². The molecule has 0 bridgehead atoms. The Morgan fingerprint density at radius 1 is 1.06 bits per heavy atom. The van der Waals surface area contributed by atoms with Gasteiger partial charge in [0.15, 0.2) is 6.61 Å². The molecule has 0 saturated heterocycles. The molecule has 1 atom stereocenters. The van der Waals surface area contributed by atoms with Gasteiger partial charge < -0.3 is 19.7 Å². The lowest BCUT2D eigenvalue weighted by molar-refractivity contribution is -0.143. The minimum atomic E-state index is -0.603. The van der Waals surface area contributed by atoms with Crippen molar-refractivity contribution in [2.75, 3.05) is 13.7 Å². The van der Waals surface area contributed by atoms with Gasteiger partial charge in [0.2, 0.25) is 5.91 Å². The first-order valence-electron chi connectivity index (χ1n) is 10.6. The Balaban J connectivity index is 2.24. The summed E-state index contributed by atoms with van der Waals surface area (Å²) in [5.41, 5.74) is 1.47. The molecule has 0 saturated carbocycles. The number of nitrogens with one attached hydrogen (secondary N) is 1. The van der Waals surface area contributed by atoms with Gasteiger partial charge in [0.05, 0.1) is 7.11 Å². The van der Waals surface area contributed by atoms with Crippen molar-refractivity contribution in [2.45, 2.75) is 59.2 Å². The molecule has 0 fully saturated rings. The number of para-hydroxylation sites is 1. The number of carbonyl (C=O) groups is 2. The summed E-state index contributed by atoms with van der Waals surface area (Å²) in [4.78, 5) is 27.8. The normalized spacial score (nSPS) is 12.1. The molecular formula is C25H34N2O4. The van der Waals surface area contributed by atoms with E-state index in [0.29, 0.717) is 18.7 Å². The van der Waals surface area contributed by atoms with E-state index in [-0.39, 0.29) is 18.4 Å². The minimum Gasteiger partial charge on any atom is -0.497 e. The second kappa shape index (κ2) is 10.8. The number of hydrogen-bond donors (Lipinski definition) is 1. The number of hydrogen-bond acceptors (Lipinski definition) is 4. The van der Waals surface area contributed by atoms with Gasteiger partial charge in [-0.3, -0.25) is 9.59 Å². The molecule has 0 aliphatic rings. The number of aryl methyl sites for hydroxylation is 1. The molecule has 168 valence electrons. The predicted octanol–water partition coefficient (Wildman–Crippen LogP) is 4.10. The van der Waals surface area contributed by atoms with Crippen LogP contribution in [0.3, 0.4) is 0 Å². The Hall–Kier alpha value is -3.02. The first-order chi connectivity index (χ1) is 14.6. The number of carbonyl (C=O) groups excluding carboxylic acids is 2. The summed E-state index contributed by atoms with van der Waals surface area (Å²) >= 11 is 0. The van der Waals surface area contributed by atoms with Gasteiger partial charge in [-0.15, -0.1) is 0 Å². The van der Waals surface area contributed by atoms with Crippen molar-refractivity contribution in [3.05, 3.63) is 59.7 Å². The average molecular weight is 427 g/mol. The molecule has 0 aliphatic heterocycles. The molecule has 0 heterocycles. The van der Waals surface area contributed by atoms with Crippen LogP contribution in [0.4, 0.5) is 0 Å². The van der Waals surface area contributed by atoms with Crippen molar-refractivity contribution in [2.24, 2.45) is 0 Å². The van der Waals surface area contributed by atoms with E-state index in [1.165, 1.54) is 0 Å². The van der Waals surface area contributed by atoms with Gasteiger partial charge in [0.1, 0.15) is 17.5 Å². The monoisotopic (exact) mass is 426 g/mol. The number of benzene rings is 2. The zero-order valence-electron chi connectivity index (χ0n) is 19.4. The lowest BCUT2D eigenvalue weighted by atomic mass is 10.1. The summed E-state index contributed by atoms with van der Waals surface area (Å²) in [6.45, 7) is 9.78. The zero-order chi connectivity index (χ0) is 23.0. The average Bonchev–Trinajstić information content (AvgIpc) is 2.72. The topological polar surface area (TPSA) is 67.9 Å². The first kappa shape index (κ1) is 24.3. The number of nitrogens with zero attached hydrogens (tertiary/aromatic N) is 1. The molecule has 1 N–H and O–H groups in total. The van der Waals surface area contributed by atoms with E-state index in [1.807, 2.05) is 83.1 Å². The summed E-state index contributed by atoms with van der Waals surface area (Å²) in [5, 5.41) is 3.00. The third-order valence-corrected chi connectivity index (χ3v) is 4.84. The maximum Gasteiger partial charge on any atom is 0.261 e. The van der Waals surface area contributed by atoms with Crippen LogP contribution in [0.15, 0.2) is 48.5 Å². The molecule has 2 aromatic rings. The zero-order valence-corrected chi connectivity index (χ0v) is 19.4. The third kappa shape index (κ3) is 7.31. The Morgan fingerprint density at radius 2 is 1.71 bits per heavy atom. The van der Waals surface area contributed by atoms with Crippen LogP contribution in [0.5, 0.6) is 11.5 Å². The molecule has 0 spiro atoms. The van der Waals surface area contributed by atoms with Crippen LogP contribution >= 0.6 is 0 Å². The van der Waals surface area contributed by atoms with Gasteiger partial charge >= 0.3 is 0 Å². The first-order valence-corrected chi connectivity index (χ1v) is 10.6. The van der Waals surface area contributed by atoms with Crippen LogP contribution in [0.25, 0.3) is 0 Å². The van der Waals surface area contributed by atoms with Crippen LogP contribution in [-0.4, -0.2) is 42.0 Å². The second-order valence-electron chi connectivity index (χ2n) is 8.59. The molecule has 2 rings (SSSR count). The van der Waals surface area contributed by atoms with Gasteiger partial charge in [-0.05, 0) is 63.4 Å². The van der Waals surface area contributed by atoms with E-state index in [1.54, 1.807) is 12.0 Å².